The smallest absolute Gasteiger partial charge is 0.204 e. The van der Waals surface area contributed by atoms with Gasteiger partial charge in [0.15, 0.2) is 11.5 Å². The van der Waals surface area contributed by atoms with E-state index >= 15 is 0 Å². The first-order valence-electron chi connectivity index (χ1n) is 12.4. The molecule has 0 spiro atoms. The number of rotatable bonds is 10. The largest absolute Gasteiger partial charge is 0.490 e. The highest BCUT2D eigenvalue weighted by atomic mass is 19.2. The van der Waals surface area contributed by atoms with Crippen LogP contribution in [0.2, 0.25) is 0 Å². The third-order valence-corrected chi connectivity index (χ3v) is 7.36. The summed E-state index contributed by atoms with van der Waals surface area (Å²) in [4.78, 5) is 0. The average Bonchev–Trinajstić information content (AvgIpc) is 2.79. The van der Waals surface area contributed by atoms with Crippen LogP contribution >= 0.6 is 0 Å². The summed E-state index contributed by atoms with van der Waals surface area (Å²) in [7, 11) is 0. The highest BCUT2D eigenvalue weighted by Crippen LogP contribution is 2.42. The van der Waals surface area contributed by atoms with Crippen molar-refractivity contribution in [3.63, 3.8) is 0 Å². The van der Waals surface area contributed by atoms with Crippen LogP contribution in [0.25, 0.3) is 0 Å². The van der Waals surface area contributed by atoms with Gasteiger partial charge in [-0.15, -0.1) is 0 Å². The van der Waals surface area contributed by atoms with Crippen LogP contribution in [-0.4, -0.2) is 13.2 Å². The number of hydrogen-bond acceptors (Lipinski definition) is 2. The first kappa shape index (κ1) is 23.3. The zero-order chi connectivity index (χ0) is 21.3. The number of unbranched alkanes of at least 4 members (excludes halogenated alkanes) is 1. The molecule has 2 aliphatic carbocycles. The van der Waals surface area contributed by atoms with Gasteiger partial charge in [0.25, 0.3) is 0 Å². The molecule has 2 saturated carbocycles. The summed E-state index contributed by atoms with van der Waals surface area (Å²) in [6, 6.07) is 2.96. The monoisotopic (exact) mass is 422 g/mol. The van der Waals surface area contributed by atoms with Gasteiger partial charge in [0.05, 0.1) is 13.2 Å². The Balaban J connectivity index is 1.40. The van der Waals surface area contributed by atoms with E-state index in [4.69, 9.17) is 9.47 Å². The lowest BCUT2D eigenvalue weighted by atomic mass is 9.69. The van der Waals surface area contributed by atoms with Crippen LogP contribution in [0, 0.1) is 35.3 Å². The van der Waals surface area contributed by atoms with E-state index in [1.807, 2.05) is 6.92 Å². The third kappa shape index (κ3) is 6.34. The molecule has 0 amide bonds. The Bertz CT molecular complexity index is 632. The van der Waals surface area contributed by atoms with Crippen LogP contribution < -0.4 is 9.47 Å². The van der Waals surface area contributed by atoms with E-state index in [9.17, 15) is 8.78 Å². The molecule has 0 aliphatic heterocycles. The maximum absolute atomic E-state index is 14.3. The van der Waals surface area contributed by atoms with E-state index in [1.165, 1.54) is 69.9 Å². The number of hydrogen-bond donors (Lipinski definition) is 0. The van der Waals surface area contributed by atoms with Gasteiger partial charge in [0.2, 0.25) is 11.6 Å². The Morgan fingerprint density at radius 2 is 1.27 bits per heavy atom. The second kappa shape index (κ2) is 11.9. The number of halogens is 2. The van der Waals surface area contributed by atoms with Crippen LogP contribution in [0.4, 0.5) is 8.78 Å². The van der Waals surface area contributed by atoms with Crippen molar-refractivity contribution >= 4 is 0 Å². The molecule has 2 fully saturated rings. The van der Waals surface area contributed by atoms with Gasteiger partial charge in [0, 0.05) is 0 Å². The molecule has 0 atom stereocenters. The van der Waals surface area contributed by atoms with Crippen molar-refractivity contribution in [2.75, 3.05) is 13.2 Å². The predicted octanol–water partition coefficient (Wildman–Crippen LogP) is 7.94. The molecule has 170 valence electrons. The molecule has 30 heavy (non-hydrogen) atoms. The van der Waals surface area contributed by atoms with Gasteiger partial charge in [-0.05, 0) is 80.8 Å². The SMILES string of the molecule is CCCCC1CCC(C2CCC(COc3ccc(OCCC)c(F)c3F)CC2)CC1. The molecule has 0 N–H and O–H groups in total. The maximum atomic E-state index is 14.3. The lowest BCUT2D eigenvalue weighted by molar-refractivity contribution is 0.120. The molecule has 0 heterocycles. The first-order chi connectivity index (χ1) is 14.6. The molecule has 1 aromatic rings. The summed E-state index contributed by atoms with van der Waals surface area (Å²) in [5.74, 6) is 1.27. The Morgan fingerprint density at radius 1 is 0.733 bits per heavy atom. The van der Waals surface area contributed by atoms with Crippen molar-refractivity contribution in [2.24, 2.45) is 23.7 Å². The van der Waals surface area contributed by atoms with Crippen molar-refractivity contribution in [3.05, 3.63) is 23.8 Å². The Morgan fingerprint density at radius 3 is 1.80 bits per heavy atom. The minimum Gasteiger partial charge on any atom is -0.490 e. The van der Waals surface area contributed by atoms with Crippen LogP contribution in [0.5, 0.6) is 11.5 Å². The van der Waals surface area contributed by atoms with Gasteiger partial charge in [-0.3, -0.25) is 0 Å². The normalized spacial score (nSPS) is 27.1. The zero-order valence-electron chi connectivity index (χ0n) is 18.9. The zero-order valence-corrected chi connectivity index (χ0v) is 18.9. The topological polar surface area (TPSA) is 18.5 Å². The van der Waals surface area contributed by atoms with Gasteiger partial charge in [0.1, 0.15) is 0 Å². The summed E-state index contributed by atoms with van der Waals surface area (Å²) in [6.45, 7) is 5.07. The summed E-state index contributed by atoms with van der Waals surface area (Å²) in [6.07, 6.45) is 15.4. The van der Waals surface area contributed by atoms with Gasteiger partial charge in [-0.1, -0.05) is 46.0 Å². The Hall–Kier alpha value is -1.32. The lowest BCUT2D eigenvalue weighted by Gasteiger charge is -2.38. The Kier molecular flexibility index (Phi) is 9.27. The van der Waals surface area contributed by atoms with Crippen LogP contribution in [-0.2, 0) is 0 Å². The van der Waals surface area contributed by atoms with Crippen molar-refractivity contribution in [2.45, 2.75) is 90.9 Å². The molecule has 0 radical (unpaired) electrons. The molecule has 0 aromatic heterocycles. The maximum Gasteiger partial charge on any atom is 0.204 e. The Labute approximate surface area is 181 Å². The fraction of sp³-hybridized carbons (Fsp3) is 0.769. The van der Waals surface area contributed by atoms with Crippen molar-refractivity contribution < 1.29 is 18.3 Å². The van der Waals surface area contributed by atoms with Gasteiger partial charge in [-0.2, -0.15) is 8.78 Å². The van der Waals surface area contributed by atoms with E-state index < -0.39 is 11.6 Å². The molecule has 2 nitrogen and oxygen atoms in total. The average molecular weight is 423 g/mol. The van der Waals surface area contributed by atoms with E-state index in [-0.39, 0.29) is 11.5 Å². The minimum atomic E-state index is -0.945. The van der Waals surface area contributed by atoms with E-state index in [0.29, 0.717) is 19.1 Å². The molecule has 4 heteroatoms. The third-order valence-electron chi connectivity index (χ3n) is 7.36. The lowest BCUT2D eigenvalue weighted by Crippen LogP contribution is -2.27. The first-order valence-corrected chi connectivity index (χ1v) is 12.4. The summed E-state index contributed by atoms with van der Waals surface area (Å²) < 4.78 is 39.3. The summed E-state index contributed by atoms with van der Waals surface area (Å²) in [5.41, 5.74) is 0. The van der Waals surface area contributed by atoms with Crippen LogP contribution in [0.1, 0.15) is 90.9 Å². The van der Waals surface area contributed by atoms with Gasteiger partial charge >= 0.3 is 0 Å². The van der Waals surface area contributed by atoms with Crippen LogP contribution in [0.3, 0.4) is 0 Å². The van der Waals surface area contributed by atoms with Crippen molar-refractivity contribution in [1.82, 2.24) is 0 Å². The van der Waals surface area contributed by atoms with Crippen LogP contribution in [0.15, 0.2) is 12.1 Å². The molecule has 0 bridgehead atoms. The highest BCUT2D eigenvalue weighted by molar-refractivity contribution is 5.35. The fourth-order valence-electron chi connectivity index (χ4n) is 5.42. The van der Waals surface area contributed by atoms with Gasteiger partial charge in [-0.25, -0.2) is 0 Å². The molecule has 0 saturated heterocycles. The van der Waals surface area contributed by atoms with E-state index in [2.05, 4.69) is 6.92 Å². The highest BCUT2D eigenvalue weighted by Gasteiger charge is 2.31. The second-order valence-electron chi connectivity index (χ2n) is 9.55. The fourth-order valence-corrected chi connectivity index (χ4v) is 5.42. The standard InChI is InChI=1S/C26H40F2O2/c1-3-5-6-19-7-11-21(12-8-19)22-13-9-20(10-14-22)18-30-24-16-15-23(29-17-4-2)25(27)26(24)28/h15-16,19-22H,3-14,17-18H2,1-2H3. The van der Waals surface area contributed by atoms with Gasteiger partial charge < -0.3 is 9.47 Å². The summed E-state index contributed by atoms with van der Waals surface area (Å²) >= 11 is 0. The molecular weight excluding hydrogens is 382 g/mol. The summed E-state index contributed by atoms with van der Waals surface area (Å²) in [5, 5.41) is 0. The molecule has 0 unspecified atom stereocenters. The molecule has 1 aromatic carbocycles. The predicted molar refractivity (Wildman–Crippen MR) is 118 cm³/mol. The van der Waals surface area contributed by atoms with E-state index in [0.717, 1.165) is 37.0 Å². The van der Waals surface area contributed by atoms with Crippen molar-refractivity contribution in [3.8, 4) is 11.5 Å². The molecule has 3 rings (SSSR count). The number of ether oxygens (including phenoxy) is 2. The minimum absolute atomic E-state index is 0.00359. The molecular formula is C26H40F2O2. The van der Waals surface area contributed by atoms with E-state index in [1.54, 1.807) is 0 Å². The van der Waals surface area contributed by atoms with Crippen molar-refractivity contribution in [1.29, 1.82) is 0 Å². The number of benzene rings is 1. The second-order valence-corrected chi connectivity index (χ2v) is 9.55. The quantitative estimate of drug-likeness (QED) is 0.381. The molecule has 2 aliphatic rings.